The molecule has 1 aliphatic rings. The van der Waals surface area contributed by atoms with Gasteiger partial charge >= 0.3 is 0 Å². The molecular formula is C30H31FN2O8S. The lowest BCUT2D eigenvalue weighted by molar-refractivity contribution is -0.763. The van der Waals surface area contributed by atoms with Gasteiger partial charge in [-0.2, -0.15) is 0 Å². The quantitative estimate of drug-likeness (QED) is 0.183. The Bertz CT molecular complexity index is 1580. The van der Waals surface area contributed by atoms with Crippen LogP contribution in [0.5, 0.6) is 17.2 Å². The van der Waals surface area contributed by atoms with Gasteiger partial charge in [0, 0.05) is 11.1 Å². The highest BCUT2D eigenvalue weighted by Crippen LogP contribution is 2.49. The van der Waals surface area contributed by atoms with Crippen LogP contribution in [0.1, 0.15) is 53.4 Å². The Balaban J connectivity index is 1.86. The molecule has 0 aromatic heterocycles. The molecule has 0 saturated heterocycles. The molecule has 3 aromatic carbocycles. The zero-order valence-corrected chi connectivity index (χ0v) is 24.6. The molecule has 1 amide bonds. The summed E-state index contributed by atoms with van der Waals surface area (Å²) in [6.07, 6.45) is 2.38. The maximum atomic E-state index is 15.2. The summed E-state index contributed by atoms with van der Waals surface area (Å²) < 4.78 is 32.8. The van der Waals surface area contributed by atoms with Gasteiger partial charge in [-0.1, -0.05) is 18.2 Å². The number of thioether (sulfide) groups is 1. The van der Waals surface area contributed by atoms with Gasteiger partial charge in [-0.3, -0.25) is 9.59 Å². The Morgan fingerprint density at radius 3 is 2.55 bits per heavy atom. The van der Waals surface area contributed by atoms with Gasteiger partial charge in [-0.15, -0.1) is 21.9 Å². The number of rotatable bonds is 10. The summed E-state index contributed by atoms with van der Waals surface area (Å²) in [5, 5.41) is 12.5. The molecule has 12 heteroatoms. The van der Waals surface area contributed by atoms with Gasteiger partial charge in [0.15, 0.2) is 16.9 Å². The van der Waals surface area contributed by atoms with E-state index in [0.717, 1.165) is 11.1 Å². The fraction of sp³-hybridized carbons (Fsp3) is 0.333. The van der Waals surface area contributed by atoms with E-state index in [4.69, 9.17) is 14.2 Å². The first-order chi connectivity index (χ1) is 20.1. The Kier molecular flexibility index (Phi) is 9.56. The molecule has 0 fully saturated rings. The number of carbonyl (C=O) groups is 1. The van der Waals surface area contributed by atoms with E-state index in [1.165, 1.54) is 50.2 Å². The number of benzene rings is 2. The van der Waals surface area contributed by atoms with Crippen molar-refractivity contribution in [1.82, 2.24) is 5.32 Å². The Hall–Kier alpha value is -4.32. The standard InChI is InChI=1S/C30H31FN2O8S/c1-16(2)41-28-19-9-11-23(32-30(35)20-8-6-7-17(27(20)31)15-40-33(36)37)22-13-24(34)26(42-5)12-10-18(22)21(19)14-25(38-3)29(28)39-4/h6-8,10,12-14,16,23H,9,11,15H2,1-5H3,(H,32,35)/t23-/m0/s1. The van der Waals surface area contributed by atoms with Crippen LogP contribution in [0.15, 0.2) is 52.2 Å². The zero-order chi connectivity index (χ0) is 30.6. The summed E-state index contributed by atoms with van der Waals surface area (Å²) in [5.74, 6) is -0.295. The monoisotopic (exact) mass is 598 g/mol. The third-order valence-corrected chi connectivity index (χ3v) is 7.62. The summed E-state index contributed by atoms with van der Waals surface area (Å²) in [5.41, 5.74) is 2.12. The highest BCUT2D eigenvalue weighted by molar-refractivity contribution is 7.98. The number of amides is 1. The molecule has 0 bridgehead atoms. The first-order valence-electron chi connectivity index (χ1n) is 13.1. The van der Waals surface area contributed by atoms with Crippen molar-refractivity contribution in [3.05, 3.63) is 90.9 Å². The van der Waals surface area contributed by atoms with E-state index in [1.807, 2.05) is 26.0 Å². The van der Waals surface area contributed by atoms with Crippen molar-refractivity contribution in [2.75, 3.05) is 20.5 Å². The van der Waals surface area contributed by atoms with Crippen LogP contribution < -0.4 is 25.0 Å². The van der Waals surface area contributed by atoms with Crippen molar-refractivity contribution in [3.8, 4) is 28.4 Å². The van der Waals surface area contributed by atoms with Crippen LogP contribution in [-0.2, 0) is 17.9 Å². The van der Waals surface area contributed by atoms with E-state index < -0.39 is 29.5 Å². The maximum Gasteiger partial charge on any atom is 0.294 e. The van der Waals surface area contributed by atoms with Crippen LogP contribution in [0, 0.1) is 15.9 Å². The third-order valence-electron chi connectivity index (χ3n) is 6.85. The van der Waals surface area contributed by atoms with E-state index in [0.29, 0.717) is 46.1 Å². The fourth-order valence-electron chi connectivity index (χ4n) is 5.00. The molecule has 0 spiro atoms. The van der Waals surface area contributed by atoms with Crippen molar-refractivity contribution in [1.29, 1.82) is 0 Å². The molecule has 222 valence electrons. The summed E-state index contributed by atoms with van der Waals surface area (Å²) >= 11 is 1.30. The maximum absolute atomic E-state index is 15.2. The van der Waals surface area contributed by atoms with Crippen molar-refractivity contribution in [3.63, 3.8) is 0 Å². The summed E-state index contributed by atoms with van der Waals surface area (Å²) in [6, 6.07) is 10.2. The van der Waals surface area contributed by atoms with E-state index in [1.54, 1.807) is 12.3 Å². The summed E-state index contributed by atoms with van der Waals surface area (Å²) in [4.78, 5) is 42.0. The molecule has 4 rings (SSSR count). The minimum Gasteiger partial charge on any atom is -0.493 e. The first kappa shape index (κ1) is 30.6. The second-order valence-electron chi connectivity index (χ2n) is 9.75. The molecule has 10 nitrogen and oxygen atoms in total. The minimum atomic E-state index is -1.03. The molecule has 0 aliphatic heterocycles. The van der Waals surface area contributed by atoms with Crippen LogP contribution in [0.4, 0.5) is 4.39 Å². The molecule has 0 saturated carbocycles. The third kappa shape index (κ3) is 6.28. The number of methoxy groups -OCH3 is 2. The molecule has 3 aromatic rings. The fourth-order valence-corrected chi connectivity index (χ4v) is 5.46. The predicted octanol–water partition coefficient (Wildman–Crippen LogP) is 5.50. The lowest BCUT2D eigenvalue weighted by Gasteiger charge is -2.21. The Morgan fingerprint density at radius 2 is 1.90 bits per heavy atom. The number of fused-ring (bicyclic) bond motifs is 3. The van der Waals surface area contributed by atoms with Crippen LogP contribution in [0.3, 0.4) is 0 Å². The number of hydrogen-bond acceptors (Lipinski definition) is 9. The normalized spacial score (nSPS) is 13.8. The lowest BCUT2D eigenvalue weighted by Crippen LogP contribution is -2.30. The number of halogens is 1. The second-order valence-corrected chi connectivity index (χ2v) is 10.6. The summed E-state index contributed by atoms with van der Waals surface area (Å²) in [7, 11) is 3.05. The molecule has 0 heterocycles. The average molecular weight is 599 g/mol. The summed E-state index contributed by atoms with van der Waals surface area (Å²) in [6.45, 7) is 3.15. The zero-order valence-electron chi connectivity index (χ0n) is 23.8. The van der Waals surface area contributed by atoms with Crippen LogP contribution in [0.2, 0.25) is 0 Å². The average Bonchev–Trinajstić information content (AvgIpc) is 3.20. The van der Waals surface area contributed by atoms with Gasteiger partial charge < -0.3 is 24.4 Å². The molecule has 1 atom stereocenters. The number of carbonyl (C=O) groups excluding carboxylic acids is 1. The minimum absolute atomic E-state index is 0.138. The topological polar surface area (TPSA) is 126 Å². The molecule has 1 aliphatic carbocycles. The second kappa shape index (κ2) is 13.1. The molecule has 0 unspecified atom stereocenters. The van der Waals surface area contributed by atoms with Gasteiger partial charge in [-0.05, 0) is 73.9 Å². The van der Waals surface area contributed by atoms with E-state index in [-0.39, 0.29) is 22.7 Å². The lowest BCUT2D eigenvalue weighted by atomic mass is 9.96. The van der Waals surface area contributed by atoms with Gasteiger partial charge in [0.2, 0.25) is 5.75 Å². The van der Waals surface area contributed by atoms with Crippen molar-refractivity contribution >= 4 is 17.7 Å². The Labute approximate surface area is 246 Å². The molecular weight excluding hydrogens is 567 g/mol. The first-order valence-corrected chi connectivity index (χ1v) is 14.3. The largest absolute Gasteiger partial charge is 0.493 e. The van der Waals surface area contributed by atoms with E-state index in [9.17, 15) is 19.7 Å². The number of nitrogens with zero attached hydrogens (tertiary/aromatic N) is 1. The number of hydrogen-bond donors (Lipinski definition) is 1. The predicted molar refractivity (Wildman–Crippen MR) is 156 cm³/mol. The van der Waals surface area contributed by atoms with Crippen LogP contribution >= 0.6 is 11.8 Å². The van der Waals surface area contributed by atoms with Crippen LogP contribution in [-0.4, -0.2) is 37.6 Å². The van der Waals surface area contributed by atoms with Gasteiger partial charge in [0.05, 0.1) is 36.8 Å². The van der Waals surface area contributed by atoms with Gasteiger partial charge in [0.25, 0.3) is 11.0 Å². The molecule has 0 radical (unpaired) electrons. The highest BCUT2D eigenvalue weighted by atomic mass is 32.2. The number of ether oxygens (including phenoxy) is 3. The van der Waals surface area contributed by atoms with Crippen LogP contribution in [0.25, 0.3) is 11.1 Å². The van der Waals surface area contributed by atoms with Crippen molar-refractivity contribution in [2.24, 2.45) is 0 Å². The van der Waals surface area contributed by atoms with Crippen molar-refractivity contribution < 1.29 is 33.3 Å². The van der Waals surface area contributed by atoms with E-state index in [2.05, 4.69) is 10.2 Å². The Morgan fingerprint density at radius 1 is 1.14 bits per heavy atom. The number of nitrogens with one attached hydrogen (secondary N) is 1. The SMILES string of the molecule is COc1cc2c(c(OC(C)C)c1OC)CC[C@H](NC(=O)c1cccc(CO[N+](=O)[O-])c1F)c1cc(=O)c(SC)ccc1-2. The highest BCUT2D eigenvalue weighted by Gasteiger charge is 2.30. The smallest absolute Gasteiger partial charge is 0.294 e. The molecule has 42 heavy (non-hydrogen) atoms. The van der Waals surface area contributed by atoms with Crippen molar-refractivity contribution in [2.45, 2.75) is 50.3 Å². The molecule has 1 N–H and O–H groups in total. The van der Waals surface area contributed by atoms with Gasteiger partial charge in [-0.25, -0.2) is 4.39 Å². The van der Waals surface area contributed by atoms with Gasteiger partial charge in [0.1, 0.15) is 12.4 Å². The van der Waals surface area contributed by atoms with E-state index >= 15 is 4.39 Å².